The van der Waals surface area contributed by atoms with Gasteiger partial charge < -0.3 is 5.73 Å². The predicted molar refractivity (Wildman–Crippen MR) is 44.5 cm³/mol. The zero-order valence-electron chi connectivity index (χ0n) is 7.21. The van der Waals surface area contributed by atoms with Crippen LogP contribution in [0.15, 0.2) is 11.1 Å². The lowest BCUT2D eigenvalue weighted by molar-refractivity contribution is 0.0997. The highest BCUT2D eigenvalue weighted by Gasteiger charge is 2.13. The molecular weight excluding hydrogens is 189 g/mol. The molecule has 2 heterocycles. The third-order valence-corrected chi connectivity index (χ3v) is 1.73. The maximum absolute atomic E-state index is 11.4. The second kappa shape index (κ2) is 2.62. The van der Waals surface area contributed by atoms with Gasteiger partial charge in [-0.3, -0.25) is 4.79 Å². The second-order valence-corrected chi connectivity index (χ2v) is 2.65. The van der Waals surface area contributed by atoms with E-state index in [1.54, 1.807) is 0 Å². The Hall–Kier alpha value is -2.25. The Morgan fingerprint density at radius 2 is 2.29 bits per heavy atom. The smallest absolute Gasteiger partial charge is 0.352 e. The summed E-state index contributed by atoms with van der Waals surface area (Å²) in [5.41, 5.74) is 4.60. The van der Waals surface area contributed by atoms with Crippen molar-refractivity contribution in [3.8, 4) is 0 Å². The largest absolute Gasteiger partial charge is 0.364 e. The molecule has 0 aromatic carbocycles. The molecule has 0 aliphatic heterocycles. The molecule has 0 atom stereocenters. The van der Waals surface area contributed by atoms with Crippen molar-refractivity contribution >= 4 is 11.6 Å². The highest BCUT2D eigenvalue weighted by molar-refractivity contribution is 5.96. The lowest BCUT2D eigenvalue weighted by atomic mass is 10.4. The van der Waals surface area contributed by atoms with Gasteiger partial charge in [-0.1, -0.05) is 5.21 Å². The van der Waals surface area contributed by atoms with Gasteiger partial charge in [0.1, 0.15) is 6.33 Å². The fraction of sp³-hybridized carbons (Fsp3) is 0.167. The summed E-state index contributed by atoms with van der Waals surface area (Å²) in [6.45, 7) is 0. The normalized spacial score (nSPS) is 10.6. The number of carbonyl (C=O) groups excluding carboxylic acids is 1. The van der Waals surface area contributed by atoms with Gasteiger partial charge in [-0.05, 0) is 0 Å². The number of primary amides is 1. The SMILES string of the molecule is Cn1[15n]nc2c(C(N)=O)ncn2c1=O. The van der Waals surface area contributed by atoms with E-state index in [2.05, 4.69) is 15.3 Å². The van der Waals surface area contributed by atoms with E-state index in [4.69, 9.17) is 5.73 Å². The molecule has 0 saturated carbocycles. The van der Waals surface area contributed by atoms with Gasteiger partial charge in [0.2, 0.25) is 0 Å². The average Bonchev–Trinajstić information content (AvgIpc) is 2.55. The number of rotatable bonds is 1. The van der Waals surface area contributed by atoms with Crippen LogP contribution in [0.25, 0.3) is 5.65 Å². The first-order chi connectivity index (χ1) is 6.61. The molecule has 2 aromatic heterocycles. The van der Waals surface area contributed by atoms with Crippen molar-refractivity contribution in [1.29, 1.82) is 0 Å². The average molecular weight is 195 g/mol. The van der Waals surface area contributed by atoms with E-state index in [0.717, 1.165) is 9.08 Å². The number of nitrogens with two attached hydrogens (primary N) is 1. The Bertz CT molecular complexity index is 567. The summed E-state index contributed by atoms with van der Waals surface area (Å²) in [5, 5.41) is 7.14. The maximum atomic E-state index is 11.4. The third-order valence-electron chi connectivity index (χ3n) is 1.73. The first-order valence-corrected chi connectivity index (χ1v) is 3.68. The van der Waals surface area contributed by atoms with Crippen LogP contribution < -0.4 is 11.4 Å². The summed E-state index contributed by atoms with van der Waals surface area (Å²) in [6.07, 6.45) is 1.19. The highest BCUT2D eigenvalue weighted by atomic mass is 16.2. The fourth-order valence-corrected chi connectivity index (χ4v) is 1.05. The van der Waals surface area contributed by atoms with Crippen molar-refractivity contribution in [1.82, 2.24) is 24.4 Å². The molecule has 0 fully saturated rings. The molecule has 0 unspecified atom stereocenters. The van der Waals surface area contributed by atoms with Crippen LogP contribution in [0.1, 0.15) is 10.5 Å². The number of aryl methyl sites for hydroxylation is 1. The molecule has 0 aliphatic rings. The van der Waals surface area contributed by atoms with E-state index in [9.17, 15) is 9.59 Å². The van der Waals surface area contributed by atoms with Crippen molar-refractivity contribution in [2.24, 2.45) is 12.8 Å². The number of nitrogens with zero attached hydrogens (tertiary/aromatic N) is 5. The van der Waals surface area contributed by atoms with Gasteiger partial charge in [-0.25, -0.2) is 14.2 Å². The number of imidazole rings is 1. The highest BCUT2D eigenvalue weighted by Crippen LogP contribution is 2.00. The Labute approximate surface area is 77.0 Å². The van der Waals surface area contributed by atoms with Gasteiger partial charge in [0, 0.05) is 7.05 Å². The van der Waals surface area contributed by atoms with E-state index in [1.807, 2.05) is 0 Å². The number of aromatic nitrogens is 5. The molecule has 8 nitrogen and oxygen atoms in total. The topological polar surface area (TPSA) is 108 Å². The Kier molecular flexibility index (Phi) is 1.56. The fourth-order valence-electron chi connectivity index (χ4n) is 1.05. The third kappa shape index (κ3) is 0.969. The van der Waals surface area contributed by atoms with Gasteiger partial charge in [0.25, 0.3) is 5.91 Å². The van der Waals surface area contributed by atoms with Gasteiger partial charge in [-0.2, -0.15) is 4.68 Å². The van der Waals surface area contributed by atoms with Crippen molar-refractivity contribution in [3.63, 3.8) is 0 Å². The van der Waals surface area contributed by atoms with Gasteiger partial charge in [0.15, 0.2) is 11.3 Å². The molecule has 2 rings (SSSR count). The zero-order valence-corrected chi connectivity index (χ0v) is 7.21. The molecule has 8 heteroatoms. The van der Waals surface area contributed by atoms with E-state index < -0.39 is 11.6 Å². The van der Waals surface area contributed by atoms with Crippen LogP contribution in [-0.4, -0.2) is 30.3 Å². The second-order valence-electron chi connectivity index (χ2n) is 2.65. The quantitative estimate of drug-likeness (QED) is 0.561. The summed E-state index contributed by atoms with van der Waals surface area (Å²) in [6, 6.07) is 0. The van der Waals surface area contributed by atoms with Crippen molar-refractivity contribution in [2.45, 2.75) is 0 Å². The van der Waals surface area contributed by atoms with Crippen LogP contribution in [0.4, 0.5) is 0 Å². The number of amides is 1. The molecule has 0 aliphatic carbocycles. The molecule has 2 aromatic rings. The predicted octanol–water partition coefficient (Wildman–Crippen LogP) is -2.08. The molecule has 0 spiro atoms. The minimum Gasteiger partial charge on any atom is -0.364 e. The van der Waals surface area contributed by atoms with Gasteiger partial charge in [-0.15, -0.1) is 5.10 Å². The number of hydrogen-bond donors (Lipinski definition) is 1. The van der Waals surface area contributed by atoms with Crippen LogP contribution in [0.5, 0.6) is 0 Å². The first-order valence-electron chi connectivity index (χ1n) is 3.68. The standard InChI is InChI=1S/C6H6N6O2/c1-11-6(14)12-2-8-3(4(7)13)5(12)9-10-11/h2H,1H3,(H2,7,13)/i10+1. The van der Waals surface area contributed by atoms with Gasteiger partial charge >= 0.3 is 5.69 Å². The van der Waals surface area contributed by atoms with Crippen LogP contribution in [0.2, 0.25) is 0 Å². The van der Waals surface area contributed by atoms with E-state index in [-0.39, 0.29) is 11.3 Å². The Morgan fingerprint density at radius 3 is 2.93 bits per heavy atom. The summed E-state index contributed by atoms with van der Waals surface area (Å²) >= 11 is 0. The summed E-state index contributed by atoms with van der Waals surface area (Å²) in [4.78, 5) is 25.9. The zero-order chi connectivity index (χ0) is 10.3. The Balaban J connectivity index is 2.91. The van der Waals surface area contributed by atoms with E-state index in [1.165, 1.54) is 13.4 Å². The molecule has 0 saturated heterocycles. The summed E-state index contributed by atoms with van der Waals surface area (Å²) in [7, 11) is 1.44. The van der Waals surface area contributed by atoms with Gasteiger partial charge in [0.05, 0.1) is 0 Å². The molecule has 14 heavy (non-hydrogen) atoms. The van der Waals surface area contributed by atoms with Crippen LogP contribution in [0, 0.1) is 0 Å². The molecule has 2 N–H and O–H groups in total. The lowest BCUT2D eigenvalue weighted by Gasteiger charge is -1.95. The molecular formula is C6H6N6O2. The first kappa shape index (κ1) is 8.35. The number of hydrogen-bond acceptors (Lipinski definition) is 5. The maximum Gasteiger partial charge on any atom is 0.352 e. The molecule has 72 valence electrons. The molecule has 0 radical (unpaired) electrons. The summed E-state index contributed by atoms with van der Waals surface area (Å²) < 4.78 is 2.13. The minimum absolute atomic E-state index is 0.0600. The van der Waals surface area contributed by atoms with Crippen LogP contribution >= 0.6 is 0 Å². The molecule has 1 amide bonds. The lowest BCUT2D eigenvalue weighted by Crippen LogP contribution is -2.27. The summed E-state index contributed by atoms with van der Waals surface area (Å²) in [5.74, 6) is -0.741. The Morgan fingerprint density at radius 1 is 1.57 bits per heavy atom. The van der Waals surface area contributed by atoms with Crippen molar-refractivity contribution in [3.05, 3.63) is 22.5 Å². The van der Waals surface area contributed by atoms with Crippen LogP contribution in [-0.2, 0) is 7.05 Å². The monoisotopic (exact) mass is 195 g/mol. The van der Waals surface area contributed by atoms with Crippen molar-refractivity contribution in [2.75, 3.05) is 0 Å². The van der Waals surface area contributed by atoms with E-state index >= 15 is 0 Å². The minimum atomic E-state index is -0.741. The number of fused-ring (bicyclic) bond motifs is 1. The molecule has 0 bridgehead atoms. The van der Waals surface area contributed by atoms with Crippen LogP contribution in [0.3, 0.4) is 0 Å². The van der Waals surface area contributed by atoms with Crippen molar-refractivity contribution < 1.29 is 4.79 Å². The number of carbonyl (C=O) groups is 1. The van der Waals surface area contributed by atoms with E-state index in [0.29, 0.717) is 0 Å².